The van der Waals surface area contributed by atoms with E-state index in [2.05, 4.69) is 0 Å². The van der Waals surface area contributed by atoms with Crippen LogP contribution in [0.2, 0.25) is 0 Å². The molecule has 2 rings (SSSR count). The maximum absolute atomic E-state index is 13.1. The Morgan fingerprint density at radius 1 is 1.50 bits per heavy atom. The Kier molecular flexibility index (Phi) is 2.02. The van der Waals surface area contributed by atoms with Crippen molar-refractivity contribution in [2.75, 3.05) is 0 Å². The van der Waals surface area contributed by atoms with Gasteiger partial charge in [0.2, 0.25) is 0 Å². The molecular weight excluding hydrogens is 201 g/mol. The van der Waals surface area contributed by atoms with E-state index in [9.17, 15) is 9.18 Å². The highest BCUT2D eigenvalue weighted by Crippen LogP contribution is 2.29. The fourth-order valence-electron chi connectivity index (χ4n) is 1.27. The molecule has 1 aromatic carbocycles. The summed E-state index contributed by atoms with van der Waals surface area (Å²) < 4.78 is 13.8. The number of thiophene rings is 1. The Morgan fingerprint density at radius 2 is 2.29 bits per heavy atom. The van der Waals surface area contributed by atoms with Crippen molar-refractivity contribution in [1.29, 1.82) is 5.26 Å². The molecule has 2 aromatic rings. The molecule has 1 aromatic heterocycles. The maximum atomic E-state index is 13.1. The molecule has 14 heavy (non-hydrogen) atoms. The number of nitriles is 1. The molecule has 0 fully saturated rings. The third-order valence-corrected chi connectivity index (χ3v) is 2.89. The molecule has 0 bridgehead atoms. The first-order valence-corrected chi connectivity index (χ1v) is 4.65. The van der Waals surface area contributed by atoms with Crippen LogP contribution in [0.1, 0.15) is 15.9 Å². The van der Waals surface area contributed by atoms with Gasteiger partial charge >= 0.3 is 0 Å². The van der Waals surface area contributed by atoms with Crippen LogP contribution in [-0.2, 0) is 0 Å². The molecule has 0 saturated heterocycles. The van der Waals surface area contributed by atoms with E-state index in [1.807, 2.05) is 6.07 Å². The average molecular weight is 205 g/mol. The molecule has 0 aliphatic heterocycles. The Hall–Kier alpha value is -1.73. The van der Waals surface area contributed by atoms with Crippen molar-refractivity contribution >= 4 is 27.7 Å². The van der Waals surface area contributed by atoms with Crippen molar-refractivity contribution in [2.45, 2.75) is 0 Å². The van der Waals surface area contributed by atoms with Crippen LogP contribution >= 0.6 is 11.3 Å². The van der Waals surface area contributed by atoms with Gasteiger partial charge in [-0.2, -0.15) is 9.65 Å². The SMILES string of the molecule is N#Cc1ccc2c(C=O)c(F)sc2c1. The van der Waals surface area contributed by atoms with Gasteiger partial charge < -0.3 is 0 Å². The summed E-state index contributed by atoms with van der Waals surface area (Å²) in [6.07, 6.45) is 0.500. The normalized spacial score (nSPS) is 10.0. The van der Waals surface area contributed by atoms with E-state index in [0.717, 1.165) is 11.3 Å². The first-order chi connectivity index (χ1) is 6.76. The van der Waals surface area contributed by atoms with Crippen LogP contribution in [0.15, 0.2) is 18.2 Å². The third-order valence-electron chi connectivity index (χ3n) is 1.93. The number of carbonyl (C=O) groups is 1. The molecule has 0 radical (unpaired) electrons. The highest BCUT2D eigenvalue weighted by molar-refractivity contribution is 7.17. The van der Waals surface area contributed by atoms with Gasteiger partial charge in [0.15, 0.2) is 11.4 Å². The summed E-state index contributed by atoms with van der Waals surface area (Å²) in [5.74, 6) is 0. The van der Waals surface area contributed by atoms with Crippen LogP contribution in [0.25, 0.3) is 10.1 Å². The number of fused-ring (bicyclic) bond motifs is 1. The van der Waals surface area contributed by atoms with E-state index in [4.69, 9.17) is 5.26 Å². The van der Waals surface area contributed by atoms with Crippen molar-refractivity contribution in [3.8, 4) is 6.07 Å². The average Bonchev–Trinajstić information content (AvgIpc) is 2.51. The van der Waals surface area contributed by atoms with Crippen LogP contribution in [0, 0.1) is 16.5 Å². The van der Waals surface area contributed by atoms with Crippen LogP contribution in [0.4, 0.5) is 4.39 Å². The van der Waals surface area contributed by atoms with Gasteiger partial charge in [-0.05, 0) is 12.1 Å². The number of halogens is 1. The largest absolute Gasteiger partial charge is 0.298 e. The van der Waals surface area contributed by atoms with Gasteiger partial charge in [-0.15, -0.1) is 11.3 Å². The highest BCUT2D eigenvalue weighted by atomic mass is 32.1. The minimum atomic E-state index is -0.495. The monoisotopic (exact) mass is 205 g/mol. The fraction of sp³-hybridized carbons (Fsp3) is 0. The van der Waals surface area contributed by atoms with E-state index in [-0.39, 0.29) is 5.56 Å². The topological polar surface area (TPSA) is 40.9 Å². The summed E-state index contributed by atoms with van der Waals surface area (Å²) in [6.45, 7) is 0. The van der Waals surface area contributed by atoms with Crippen LogP contribution in [0.3, 0.4) is 0 Å². The van der Waals surface area contributed by atoms with E-state index in [1.54, 1.807) is 18.2 Å². The van der Waals surface area contributed by atoms with Crippen LogP contribution in [-0.4, -0.2) is 6.29 Å². The number of rotatable bonds is 1. The van der Waals surface area contributed by atoms with Crippen LogP contribution in [0.5, 0.6) is 0 Å². The zero-order valence-electron chi connectivity index (χ0n) is 6.95. The Balaban J connectivity index is 2.82. The second kappa shape index (κ2) is 3.20. The summed E-state index contributed by atoms with van der Waals surface area (Å²) in [7, 11) is 0. The van der Waals surface area contributed by atoms with Gasteiger partial charge in [0.25, 0.3) is 0 Å². The number of hydrogen-bond donors (Lipinski definition) is 0. The molecule has 68 valence electrons. The molecule has 0 amide bonds. The quantitative estimate of drug-likeness (QED) is 0.671. The van der Waals surface area contributed by atoms with Crippen molar-refractivity contribution < 1.29 is 9.18 Å². The fourth-order valence-corrected chi connectivity index (χ4v) is 2.20. The minimum absolute atomic E-state index is 0.0782. The summed E-state index contributed by atoms with van der Waals surface area (Å²) >= 11 is 0.884. The number of carbonyl (C=O) groups excluding carboxylic acids is 1. The lowest BCUT2D eigenvalue weighted by molar-refractivity contribution is 0.112. The zero-order chi connectivity index (χ0) is 10.1. The van der Waals surface area contributed by atoms with E-state index in [0.29, 0.717) is 21.9 Å². The van der Waals surface area contributed by atoms with Crippen molar-refractivity contribution in [3.63, 3.8) is 0 Å². The number of nitrogens with zero attached hydrogens (tertiary/aromatic N) is 1. The Bertz CT molecular complexity index is 553. The highest BCUT2D eigenvalue weighted by Gasteiger charge is 2.10. The van der Waals surface area contributed by atoms with E-state index >= 15 is 0 Å². The second-order valence-corrected chi connectivity index (χ2v) is 3.73. The van der Waals surface area contributed by atoms with Crippen LogP contribution < -0.4 is 0 Å². The van der Waals surface area contributed by atoms with E-state index < -0.39 is 5.13 Å². The lowest BCUT2D eigenvalue weighted by Crippen LogP contribution is -1.79. The van der Waals surface area contributed by atoms with Crippen molar-refractivity contribution in [1.82, 2.24) is 0 Å². The molecule has 0 atom stereocenters. The van der Waals surface area contributed by atoms with E-state index in [1.165, 1.54) is 0 Å². The molecule has 2 nitrogen and oxygen atoms in total. The molecule has 0 saturated carbocycles. The van der Waals surface area contributed by atoms with Gasteiger partial charge in [0.1, 0.15) is 0 Å². The third kappa shape index (κ3) is 1.19. The van der Waals surface area contributed by atoms with Gasteiger partial charge in [-0.25, -0.2) is 0 Å². The summed E-state index contributed by atoms with van der Waals surface area (Å²) in [4.78, 5) is 10.6. The molecule has 0 N–H and O–H groups in total. The van der Waals surface area contributed by atoms with Gasteiger partial charge in [-0.1, -0.05) is 6.07 Å². The first-order valence-electron chi connectivity index (χ1n) is 3.83. The number of hydrogen-bond acceptors (Lipinski definition) is 3. The Labute approximate surface area is 83.2 Å². The molecule has 0 unspecified atom stereocenters. The summed E-state index contributed by atoms with van der Waals surface area (Å²) in [6, 6.07) is 6.71. The minimum Gasteiger partial charge on any atom is -0.298 e. The molecule has 0 aliphatic carbocycles. The van der Waals surface area contributed by atoms with Crippen molar-refractivity contribution in [3.05, 3.63) is 34.5 Å². The molecule has 1 heterocycles. The predicted molar refractivity (Wildman–Crippen MR) is 51.9 cm³/mol. The summed E-state index contributed by atoms with van der Waals surface area (Å²) in [5.41, 5.74) is 0.547. The van der Waals surface area contributed by atoms with Gasteiger partial charge in [0, 0.05) is 10.1 Å². The molecule has 0 aliphatic rings. The standard InChI is InChI=1S/C10H4FNOS/c11-10-8(5-13)7-2-1-6(4-12)3-9(7)14-10/h1-3,5H. The second-order valence-electron chi connectivity index (χ2n) is 2.73. The zero-order valence-corrected chi connectivity index (χ0v) is 7.77. The predicted octanol–water partition coefficient (Wildman–Crippen LogP) is 2.72. The number of aldehydes is 1. The van der Waals surface area contributed by atoms with Crippen molar-refractivity contribution in [2.24, 2.45) is 0 Å². The first kappa shape index (κ1) is 8.85. The Morgan fingerprint density at radius 3 is 2.93 bits per heavy atom. The number of benzene rings is 1. The molecule has 0 spiro atoms. The molecule has 4 heteroatoms. The maximum Gasteiger partial charge on any atom is 0.188 e. The summed E-state index contributed by atoms with van der Waals surface area (Å²) in [5, 5.41) is 8.70. The van der Waals surface area contributed by atoms with Gasteiger partial charge in [-0.3, -0.25) is 4.79 Å². The molecular formula is C10H4FNOS. The smallest absolute Gasteiger partial charge is 0.188 e. The lowest BCUT2D eigenvalue weighted by atomic mass is 10.1. The lowest BCUT2D eigenvalue weighted by Gasteiger charge is -1.90. The van der Waals surface area contributed by atoms with Gasteiger partial charge in [0.05, 0.1) is 17.2 Å².